The van der Waals surface area contributed by atoms with E-state index in [4.69, 9.17) is 18.9 Å². The summed E-state index contributed by atoms with van der Waals surface area (Å²) in [7, 11) is 0. The van der Waals surface area contributed by atoms with Crippen LogP contribution in [0.1, 0.15) is 58.9 Å². The van der Waals surface area contributed by atoms with Crippen molar-refractivity contribution in [3.8, 4) is 5.75 Å². The summed E-state index contributed by atoms with van der Waals surface area (Å²) >= 11 is 0. The first-order chi connectivity index (χ1) is 14.4. The fourth-order valence-electron chi connectivity index (χ4n) is 3.77. The molecule has 2 aliphatic rings. The topological polar surface area (TPSA) is 71.1 Å². The zero-order chi connectivity index (χ0) is 21.7. The minimum absolute atomic E-state index is 0.0338. The Labute approximate surface area is 178 Å². The lowest BCUT2D eigenvalue weighted by molar-refractivity contribution is -0.168. The SMILES string of the molecule is CCc1ccc(OC2=COC3CC(OC(C)C(=O)OC(C)CC)CCC3C2=O)cc1. The fourth-order valence-corrected chi connectivity index (χ4v) is 3.77. The average Bonchev–Trinajstić information content (AvgIpc) is 2.76. The molecular weight excluding hydrogens is 384 g/mol. The van der Waals surface area contributed by atoms with Crippen LogP contribution < -0.4 is 4.74 Å². The van der Waals surface area contributed by atoms with E-state index in [1.54, 1.807) is 6.92 Å². The number of rotatable bonds is 8. The number of ether oxygens (including phenoxy) is 4. The van der Waals surface area contributed by atoms with Crippen LogP contribution in [0.25, 0.3) is 0 Å². The number of carbonyl (C=O) groups is 2. The standard InChI is InChI=1S/C24H32O6/c1-5-15(3)28-24(26)16(4)29-19-11-12-20-21(13-19)27-14-22(23(20)25)30-18-9-7-17(6-2)8-10-18/h7-10,14-16,19-21H,5-6,11-13H2,1-4H3. The third-order valence-electron chi connectivity index (χ3n) is 5.85. The number of Topliss-reactive ketones (excluding diaryl/α,β-unsaturated/α-hetero) is 1. The van der Waals surface area contributed by atoms with E-state index in [9.17, 15) is 9.59 Å². The molecule has 5 unspecified atom stereocenters. The number of hydrogen-bond acceptors (Lipinski definition) is 6. The van der Waals surface area contributed by atoms with Crippen LogP contribution in [0.5, 0.6) is 5.75 Å². The van der Waals surface area contributed by atoms with Gasteiger partial charge in [-0.3, -0.25) is 4.79 Å². The van der Waals surface area contributed by atoms with E-state index in [1.807, 2.05) is 38.1 Å². The van der Waals surface area contributed by atoms with Gasteiger partial charge in [0.1, 0.15) is 18.1 Å². The lowest BCUT2D eigenvalue weighted by Crippen LogP contribution is -2.44. The van der Waals surface area contributed by atoms with E-state index < -0.39 is 6.10 Å². The third-order valence-corrected chi connectivity index (χ3v) is 5.85. The van der Waals surface area contributed by atoms with Gasteiger partial charge in [-0.05, 0) is 57.2 Å². The zero-order valence-corrected chi connectivity index (χ0v) is 18.3. The number of hydrogen-bond donors (Lipinski definition) is 0. The predicted molar refractivity (Wildman–Crippen MR) is 112 cm³/mol. The van der Waals surface area contributed by atoms with Crippen molar-refractivity contribution in [3.05, 3.63) is 41.9 Å². The van der Waals surface area contributed by atoms with Gasteiger partial charge >= 0.3 is 5.97 Å². The molecule has 3 rings (SSSR count). The Kier molecular flexibility index (Phi) is 7.53. The van der Waals surface area contributed by atoms with Crippen LogP contribution in [-0.2, 0) is 30.2 Å². The number of fused-ring (bicyclic) bond motifs is 1. The molecule has 1 aromatic rings. The van der Waals surface area contributed by atoms with Crippen LogP contribution in [-0.4, -0.2) is 36.2 Å². The van der Waals surface area contributed by atoms with Crippen LogP contribution in [0.15, 0.2) is 36.3 Å². The summed E-state index contributed by atoms with van der Waals surface area (Å²) in [5, 5.41) is 0. The zero-order valence-electron chi connectivity index (χ0n) is 18.3. The minimum atomic E-state index is -0.639. The first-order valence-corrected chi connectivity index (χ1v) is 10.9. The Balaban J connectivity index is 1.55. The van der Waals surface area contributed by atoms with Crippen molar-refractivity contribution in [1.82, 2.24) is 0 Å². The van der Waals surface area contributed by atoms with Gasteiger partial charge in [0.15, 0.2) is 6.10 Å². The maximum absolute atomic E-state index is 12.9. The molecule has 0 saturated heterocycles. The van der Waals surface area contributed by atoms with Crippen molar-refractivity contribution in [3.63, 3.8) is 0 Å². The molecule has 0 spiro atoms. The van der Waals surface area contributed by atoms with Gasteiger partial charge < -0.3 is 18.9 Å². The number of benzene rings is 1. The first-order valence-electron chi connectivity index (χ1n) is 10.9. The van der Waals surface area contributed by atoms with E-state index in [0.29, 0.717) is 25.0 Å². The summed E-state index contributed by atoms with van der Waals surface area (Å²) < 4.78 is 22.9. The maximum Gasteiger partial charge on any atom is 0.335 e. The van der Waals surface area contributed by atoms with E-state index in [0.717, 1.165) is 12.8 Å². The van der Waals surface area contributed by atoms with Crippen LogP contribution in [0.3, 0.4) is 0 Å². The van der Waals surface area contributed by atoms with Crippen molar-refractivity contribution in [2.75, 3.05) is 0 Å². The van der Waals surface area contributed by atoms with Crippen molar-refractivity contribution in [2.24, 2.45) is 5.92 Å². The monoisotopic (exact) mass is 416 g/mol. The minimum Gasteiger partial charge on any atom is -0.493 e. The van der Waals surface area contributed by atoms with Gasteiger partial charge in [0, 0.05) is 6.42 Å². The summed E-state index contributed by atoms with van der Waals surface area (Å²) in [5.74, 6) is 0.234. The summed E-state index contributed by atoms with van der Waals surface area (Å²) in [6.45, 7) is 7.63. The largest absolute Gasteiger partial charge is 0.493 e. The number of ketones is 1. The van der Waals surface area contributed by atoms with Gasteiger partial charge in [-0.2, -0.15) is 0 Å². The Morgan fingerprint density at radius 1 is 1.17 bits per heavy atom. The predicted octanol–water partition coefficient (Wildman–Crippen LogP) is 4.35. The highest BCUT2D eigenvalue weighted by Gasteiger charge is 2.42. The molecule has 6 nitrogen and oxygen atoms in total. The van der Waals surface area contributed by atoms with Crippen molar-refractivity contribution in [1.29, 1.82) is 0 Å². The van der Waals surface area contributed by atoms with E-state index in [2.05, 4.69) is 6.92 Å². The van der Waals surface area contributed by atoms with Gasteiger partial charge in [0.05, 0.1) is 18.1 Å². The molecule has 1 saturated carbocycles. The average molecular weight is 417 g/mol. The Hall–Kier alpha value is -2.34. The van der Waals surface area contributed by atoms with Crippen LogP contribution in [0, 0.1) is 5.92 Å². The molecule has 1 aliphatic heterocycles. The smallest absolute Gasteiger partial charge is 0.335 e. The summed E-state index contributed by atoms with van der Waals surface area (Å²) in [5.41, 5.74) is 1.21. The molecule has 5 atom stereocenters. The lowest BCUT2D eigenvalue weighted by atomic mass is 9.80. The second-order valence-electron chi connectivity index (χ2n) is 8.10. The summed E-state index contributed by atoms with van der Waals surface area (Å²) in [6, 6.07) is 7.71. The highest BCUT2D eigenvalue weighted by atomic mass is 16.6. The van der Waals surface area contributed by atoms with Crippen LogP contribution in [0.2, 0.25) is 0 Å². The van der Waals surface area contributed by atoms with Crippen LogP contribution >= 0.6 is 0 Å². The molecular formula is C24H32O6. The van der Waals surface area contributed by atoms with Gasteiger partial charge in [-0.15, -0.1) is 0 Å². The molecule has 6 heteroatoms. The van der Waals surface area contributed by atoms with E-state index in [-0.39, 0.29) is 41.7 Å². The normalized spacial score (nSPS) is 25.4. The molecule has 0 N–H and O–H groups in total. The van der Waals surface area contributed by atoms with E-state index >= 15 is 0 Å². The van der Waals surface area contributed by atoms with Crippen molar-refractivity contribution >= 4 is 11.8 Å². The van der Waals surface area contributed by atoms with E-state index in [1.165, 1.54) is 11.8 Å². The number of esters is 1. The highest BCUT2D eigenvalue weighted by molar-refractivity contribution is 5.96. The molecule has 1 aliphatic carbocycles. The van der Waals surface area contributed by atoms with Gasteiger partial charge in [-0.25, -0.2) is 4.79 Å². The molecule has 0 radical (unpaired) electrons. The Morgan fingerprint density at radius 2 is 1.90 bits per heavy atom. The summed E-state index contributed by atoms with van der Waals surface area (Å²) in [4.78, 5) is 25.0. The van der Waals surface area contributed by atoms with Crippen molar-refractivity contribution < 1.29 is 28.5 Å². The van der Waals surface area contributed by atoms with Crippen molar-refractivity contribution in [2.45, 2.75) is 84.2 Å². The second kappa shape index (κ2) is 10.1. The lowest BCUT2D eigenvalue weighted by Gasteiger charge is -2.37. The molecule has 0 amide bonds. The molecule has 0 aromatic heterocycles. The molecule has 1 heterocycles. The highest BCUT2D eigenvalue weighted by Crippen LogP contribution is 2.35. The van der Waals surface area contributed by atoms with Gasteiger partial charge in [-0.1, -0.05) is 26.0 Å². The Bertz CT molecular complexity index is 768. The van der Waals surface area contributed by atoms with Gasteiger partial charge in [0.25, 0.3) is 0 Å². The second-order valence-corrected chi connectivity index (χ2v) is 8.10. The maximum atomic E-state index is 12.9. The number of aryl methyl sites for hydroxylation is 1. The molecule has 0 bridgehead atoms. The number of allylic oxidation sites excluding steroid dienone is 1. The summed E-state index contributed by atoms with van der Waals surface area (Å²) in [6.07, 6.45) is 3.85. The third kappa shape index (κ3) is 5.42. The molecule has 1 fully saturated rings. The number of carbonyl (C=O) groups excluding carboxylic acids is 2. The molecule has 164 valence electrons. The van der Waals surface area contributed by atoms with Crippen LogP contribution in [0.4, 0.5) is 0 Å². The fraction of sp³-hybridized carbons (Fsp3) is 0.583. The van der Waals surface area contributed by atoms with Gasteiger partial charge in [0.2, 0.25) is 11.5 Å². The quantitative estimate of drug-likeness (QED) is 0.587. The Morgan fingerprint density at radius 3 is 2.57 bits per heavy atom. The first kappa shape index (κ1) is 22.3. The molecule has 1 aromatic carbocycles. The molecule has 30 heavy (non-hydrogen) atoms.